The Balaban J connectivity index is 4.18. The predicted molar refractivity (Wildman–Crippen MR) is 234 cm³/mol. The molecule has 1 N–H and O–H groups in total. The van der Waals surface area contributed by atoms with Crippen molar-refractivity contribution in [1.29, 1.82) is 0 Å². The number of hydrogen-bond donors (Lipinski definition) is 1. The van der Waals surface area contributed by atoms with Gasteiger partial charge in [-0.05, 0) is 90.4 Å². The third-order valence-electron chi connectivity index (χ3n) is 8.69. The van der Waals surface area contributed by atoms with E-state index in [0.717, 1.165) is 70.6 Å². The molecule has 0 aliphatic carbocycles. The molecule has 320 valence electrons. The van der Waals surface area contributed by atoms with Crippen LogP contribution in [-0.4, -0.2) is 42.8 Å². The summed E-state index contributed by atoms with van der Waals surface area (Å²) in [5.41, 5.74) is 0. The molecule has 0 amide bonds. The van der Waals surface area contributed by atoms with Crippen LogP contribution in [0.2, 0.25) is 0 Å². The third-order valence-corrected chi connectivity index (χ3v) is 9.74. The van der Waals surface area contributed by atoms with Crippen molar-refractivity contribution >= 4 is 19.8 Å². The molecule has 0 spiro atoms. The summed E-state index contributed by atoms with van der Waals surface area (Å²) in [6.45, 7) is 5.25. The van der Waals surface area contributed by atoms with Crippen LogP contribution in [0.5, 0.6) is 0 Å². The van der Waals surface area contributed by atoms with E-state index < -0.39 is 32.5 Å². The molecule has 0 radical (unpaired) electrons. The fourth-order valence-corrected chi connectivity index (χ4v) is 6.27. The normalized spacial score (nSPS) is 14.1. The summed E-state index contributed by atoms with van der Waals surface area (Å²) in [4.78, 5) is 34.7. The average Bonchev–Trinajstić information content (AvgIpc) is 3.18. The average molecular weight is 803 g/mol. The summed E-state index contributed by atoms with van der Waals surface area (Å²) in [5, 5.41) is 0. The quantitative estimate of drug-likeness (QED) is 0.0283. The van der Waals surface area contributed by atoms with Gasteiger partial charge in [0.05, 0.1) is 13.2 Å². The van der Waals surface area contributed by atoms with E-state index in [1.807, 2.05) is 6.08 Å². The van der Waals surface area contributed by atoms with Crippen LogP contribution in [0.3, 0.4) is 0 Å². The highest BCUT2D eigenvalue weighted by molar-refractivity contribution is 7.47. The summed E-state index contributed by atoms with van der Waals surface area (Å²) >= 11 is 0. The van der Waals surface area contributed by atoms with Crippen molar-refractivity contribution in [3.05, 3.63) is 85.1 Å². The van der Waals surface area contributed by atoms with Gasteiger partial charge in [-0.3, -0.25) is 18.6 Å². The summed E-state index contributed by atoms with van der Waals surface area (Å²) in [6.07, 6.45) is 53.6. The van der Waals surface area contributed by atoms with Gasteiger partial charge in [0.15, 0.2) is 6.10 Å². The smallest absolute Gasteiger partial charge is 0.462 e. The zero-order valence-electron chi connectivity index (χ0n) is 35.5. The first-order valence-corrected chi connectivity index (χ1v) is 23.4. The molecule has 0 heterocycles. The van der Waals surface area contributed by atoms with Crippen LogP contribution in [0.4, 0.5) is 0 Å². The molecule has 56 heavy (non-hydrogen) atoms. The molecule has 0 rings (SSSR count). The van der Waals surface area contributed by atoms with Crippen molar-refractivity contribution in [2.75, 3.05) is 19.8 Å². The van der Waals surface area contributed by atoms with E-state index in [1.54, 1.807) is 6.92 Å². The maximum absolute atomic E-state index is 12.5. The number of hydrogen-bond acceptors (Lipinski definition) is 7. The minimum Gasteiger partial charge on any atom is -0.462 e. The number of phosphoric ester groups is 1. The first-order valence-electron chi connectivity index (χ1n) is 21.9. The van der Waals surface area contributed by atoms with Crippen molar-refractivity contribution in [1.82, 2.24) is 0 Å². The maximum Gasteiger partial charge on any atom is 0.472 e. The van der Waals surface area contributed by atoms with Gasteiger partial charge in [0.1, 0.15) is 6.61 Å². The lowest BCUT2D eigenvalue weighted by Crippen LogP contribution is -2.29. The van der Waals surface area contributed by atoms with Crippen LogP contribution in [0.1, 0.15) is 175 Å². The number of allylic oxidation sites excluding steroid dienone is 14. The molecule has 0 fully saturated rings. The molecule has 0 saturated heterocycles. The van der Waals surface area contributed by atoms with Crippen molar-refractivity contribution in [2.24, 2.45) is 0 Å². The molecule has 0 aromatic heterocycles. The van der Waals surface area contributed by atoms with Crippen LogP contribution in [0.25, 0.3) is 0 Å². The minimum atomic E-state index is -4.30. The Hall–Kier alpha value is -2.77. The fraction of sp³-hybridized carbons (Fsp3) is 0.660. The summed E-state index contributed by atoms with van der Waals surface area (Å²) in [7, 11) is -4.30. The first kappa shape index (κ1) is 53.2. The SMILES string of the molecule is CC/C=C\C/C=C\C/C=C\C/C=C\C/C=C\CCCC(=O)OC(COC(=O)CCCCCCCCCCC/C=C\C/C=C\CCCCC)COP(=O)(O)OCC. The van der Waals surface area contributed by atoms with E-state index in [2.05, 4.69) is 92.8 Å². The van der Waals surface area contributed by atoms with Crippen LogP contribution in [0, 0.1) is 0 Å². The molecule has 0 aliphatic heterocycles. The molecular formula is C47H79O8P. The number of rotatable bonds is 39. The largest absolute Gasteiger partial charge is 0.472 e. The Labute approximate surface area is 342 Å². The highest BCUT2D eigenvalue weighted by atomic mass is 31.2. The zero-order valence-corrected chi connectivity index (χ0v) is 36.4. The molecule has 0 bridgehead atoms. The highest BCUT2D eigenvalue weighted by Crippen LogP contribution is 2.43. The molecular weight excluding hydrogens is 723 g/mol. The number of carbonyl (C=O) groups excluding carboxylic acids is 2. The van der Waals surface area contributed by atoms with Crippen LogP contribution in [-0.2, 0) is 32.7 Å². The van der Waals surface area contributed by atoms with Gasteiger partial charge in [-0.25, -0.2) is 4.57 Å². The standard InChI is InChI=1S/C47H79O8P/c1-4-7-9-11-13-15-17-19-21-23-24-26-27-29-31-33-35-37-39-41-46(48)52-43-45(44-54-56(50,51)53-6-3)55-47(49)42-40-38-36-34-32-30-28-25-22-20-18-16-14-12-10-8-5-2/h8,10,13-16,19-22,28,30,34,36,45H,4-7,9,11-12,17-18,23-27,29,31-33,35,37-44H2,1-3H3,(H,50,51)/b10-8-,15-13-,16-14-,21-19-,22-20-,30-28-,36-34-. The van der Waals surface area contributed by atoms with E-state index in [-0.39, 0.29) is 26.1 Å². The van der Waals surface area contributed by atoms with E-state index in [0.29, 0.717) is 12.8 Å². The van der Waals surface area contributed by atoms with Gasteiger partial charge in [0, 0.05) is 12.8 Å². The molecule has 2 atom stereocenters. The van der Waals surface area contributed by atoms with Crippen molar-refractivity contribution in [3.63, 3.8) is 0 Å². The second-order valence-corrected chi connectivity index (χ2v) is 15.4. The van der Waals surface area contributed by atoms with Crippen molar-refractivity contribution < 1.29 is 37.6 Å². The minimum absolute atomic E-state index is 0.0153. The number of ether oxygens (including phenoxy) is 2. The lowest BCUT2D eigenvalue weighted by Gasteiger charge is -2.19. The Morgan fingerprint density at radius 3 is 1.43 bits per heavy atom. The van der Waals surface area contributed by atoms with Gasteiger partial charge < -0.3 is 14.4 Å². The molecule has 0 aliphatic rings. The lowest BCUT2D eigenvalue weighted by molar-refractivity contribution is -0.161. The lowest BCUT2D eigenvalue weighted by atomic mass is 10.1. The summed E-state index contributed by atoms with van der Waals surface area (Å²) in [6, 6.07) is 0. The van der Waals surface area contributed by atoms with Crippen LogP contribution < -0.4 is 0 Å². The number of unbranched alkanes of at least 4 members (excludes halogenated alkanes) is 13. The Bertz CT molecular complexity index is 1180. The van der Waals surface area contributed by atoms with Gasteiger partial charge in [-0.2, -0.15) is 0 Å². The molecule has 0 aromatic rings. The number of carbonyl (C=O) groups is 2. The third kappa shape index (κ3) is 40.9. The van der Waals surface area contributed by atoms with E-state index in [4.69, 9.17) is 18.5 Å². The molecule has 8 nitrogen and oxygen atoms in total. The van der Waals surface area contributed by atoms with E-state index in [9.17, 15) is 19.0 Å². The molecule has 9 heteroatoms. The van der Waals surface area contributed by atoms with Gasteiger partial charge in [0.2, 0.25) is 0 Å². The fourth-order valence-electron chi connectivity index (χ4n) is 5.52. The van der Waals surface area contributed by atoms with Gasteiger partial charge in [-0.15, -0.1) is 0 Å². The van der Waals surface area contributed by atoms with Gasteiger partial charge >= 0.3 is 19.8 Å². The van der Waals surface area contributed by atoms with Crippen LogP contribution >= 0.6 is 7.82 Å². The van der Waals surface area contributed by atoms with Gasteiger partial charge in [-0.1, -0.05) is 157 Å². The second-order valence-electron chi connectivity index (χ2n) is 14.0. The van der Waals surface area contributed by atoms with Gasteiger partial charge in [0.25, 0.3) is 0 Å². The Kier molecular flexibility index (Phi) is 39.8. The van der Waals surface area contributed by atoms with E-state index >= 15 is 0 Å². The number of esters is 2. The monoisotopic (exact) mass is 803 g/mol. The molecule has 0 saturated carbocycles. The molecule has 2 unspecified atom stereocenters. The van der Waals surface area contributed by atoms with Crippen molar-refractivity contribution in [3.8, 4) is 0 Å². The maximum atomic E-state index is 12.5. The summed E-state index contributed by atoms with van der Waals surface area (Å²) in [5.74, 6) is -0.877. The van der Waals surface area contributed by atoms with E-state index in [1.165, 1.54) is 57.8 Å². The number of phosphoric acid groups is 1. The second kappa shape index (κ2) is 41.9. The zero-order chi connectivity index (χ0) is 41.1. The highest BCUT2D eigenvalue weighted by Gasteiger charge is 2.25. The topological polar surface area (TPSA) is 108 Å². The van der Waals surface area contributed by atoms with Crippen molar-refractivity contribution in [2.45, 2.75) is 181 Å². The summed E-state index contributed by atoms with van der Waals surface area (Å²) < 4.78 is 32.6. The van der Waals surface area contributed by atoms with Crippen LogP contribution in [0.15, 0.2) is 85.1 Å². The Morgan fingerprint density at radius 1 is 0.500 bits per heavy atom. The predicted octanol–water partition coefficient (Wildman–Crippen LogP) is 13.9. The Morgan fingerprint density at radius 2 is 0.929 bits per heavy atom. The molecule has 0 aromatic carbocycles. The first-order chi connectivity index (χ1) is 27.3.